The molecule has 0 saturated carbocycles. The van der Waals surface area contributed by atoms with Gasteiger partial charge in [-0.15, -0.1) is 0 Å². The number of amides is 1. The number of anilines is 1. The summed E-state index contributed by atoms with van der Waals surface area (Å²) in [6.07, 6.45) is 4.02. The number of fused-ring (bicyclic) bond motifs is 1. The molecule has 1 aromatic carbocycles. The number of rotatable bonds is 4. The van der Waals surface area contributed by atoms with Gasteiger partial charge in [-0.3, -0.25) is 4.79 Å². The van der Waals surface area contributed by atoms with Crippen LogP contribution in [-0.2, 0) is 10.2 Å². The van der Waals surface area contributed by atoms with Gasteiger partial charge in [0.2, 0.25) is 5.91 Å². The van der Waals surface area contributed by atoms with Crippen molar-refractivity contribution in [2.45, 2.75) is 44.9 Å². The lowest BCUT2D eigenvalue weighted by Crippen LogP contribution is -2.33. The van der Waals surface area contributed by atoms with Gasteiger partial charge in [0.05, 0.1) is 11.1 Å². The Morgan fingerprint density at radius 2 is 2.12 bits per heavy atom. The number of unbranched alkanes of at least 4 members (excludes halogenated alkanes) is 1. The quantitative estimate of drug-likeness (QED) is 0.884. The standard InChI is InChI=1S/C14H18BrNO/c1-3-5-9-14(4-2)10-7-6-8-11(15)12(10)16-13(14)17/h6-8H,3-5,9H2,1-2H3,(H,16,17). The van der Waals surface area contributed by atoms with Gasteiger partial charge in [0.15, 0.2) is 0 Å². The number of hydrogen-bond donors (Lipinski definition) is 1. The van der Waals surface area contributed by atoms with Crippen molar-refractivity contribution >= 4 is 27.5 Å². The molecule has 1 atom stereocenters. The molecular weight excluding hydrogens is 278 g/mol. The molecule has 0 spiro atoms. The van der Waals surface area contributed by atoms with Crippen LogP contribution < -0.4 is 5.32 Å². The van der Waals surface area contributed by atoms with Crippen molar-refractivity contribution in [3.8, 4) is 0 Å². The van der Waals surface area contributed by atoms with Gasteiger partial charge in [0.25, 0.3) is 0 Å². The fraction of sp³-hybridized carbons (Fsp3) is 0.500. The van der Waals surface area contributed by atoms with E-state index < -0.39 is 0 Å². The number of carbonyl (C=O) groups excluding carboxylic acids is 1. The first-order chi connectivity index (χ1) is 8.15. The van der Waals surface area contributed by atoms with E-state index >= 15 is 0 Å². The summed E-state index contributed by atoms with van der Waals surface area (Å²) in [7, 11) is 0. The zero-order valence-corrected chi connectivity index (χ0v) is 11.9. The SMILES string of the molecule is CCCCC1(CC)C(=O)Nc2c(Br)cccc21. The zero-order valence-electron chi connectivity index (χ0n) is 10.3. The monoisotopic (exact) mass is 295 g/mol. The van der Waals surface area contributed by atoms with Crippen molar-refractivity contribution in [1.29, 1.82) is 0 Å². The molecule has 1 heterocycles. The van der Waals surface area contributed by atoms with Gasteiger partial charge >= 0.3 is 0 Å². The van der Waals surface area contributed by atoms with E-state index in [2.05, 4.69) is 41.2 Å². The number of para-hydroxylation sites is 1. The molecule has 1 aliphatic rings. The lowest BCUT2D eigenvalue weighted by atomic mass is 9.75. The van der Waals surface area contributed by atoms with Crippen molar-refractivity contribution in [3.63, 3.8) is 0 Å². The Balaban J connectivity index is 2.48. The summed E-state index contributed by atoms with van der Waals surface area (Å²) in [5, 5.41) is 3.03. The highest BCUT2D eigenvalue weighted by molar-refractivity contribution is 9.10. The molecule has 0 fully saturated rings. The molecule has 1 aliphatic heterocycles. The van der Waals surface area contributed by atoms with Crippen LogP contribution in [0, 0.1) is 0 Å². The second kappa shape index (κ2) is 4.81. The largest absolute Gasteiger partial charge is 0.324 e. The maximum Gasteiger partial charge on any atom is 0.235 e. The van der Waals surface area contributed by atoms with Crippen LogP contribution in [0.5, 0.6) is 0 Å². The molecule has 1 N–H and O–H groups in total. The highest BCUT2D eigenvalue weighted by atomic mass is 79.9. The smallest absolute Gasteiger partial charge is 0.235 e. The minimum atomic E-state index is -0.310. The average Bonchev–Trinajstić information content (AvgIpc) is 2.62. The minimum Gasteiger partial charge on any atom is -0.324 e. The number of hydrogen-bond acceptors (Lipinski definition) is 1. The van der Waals surface area contributed by atoms with Crippen LogP contribution in [0.25, 0.3) is 0 Å². The summed E-state index contributed by atoms with van der Waals surface area (Å²) < 4.78 is 0.982. The maximum absolute atomic E-state index is 12.3. The first-order valence-electron chi connectivity index (χ1n) is 6.26. The van der Waals surface area contributed by atoms with E-state index in [9.17, 15) is 4.79 Å². The van der Waals surface area contributed by atoms with Crippen molar-refractivity contribution in [3.05, 3.63) is 28.2 Å². The summed E-state index contributed by atoms with van der Waals surface area (Å²) in [5.41, 5.74) is 1.82. The zero-order chi connectivity index (χ0) is 12.5. The highest BCUT2D eigenvalue weighted by Gasteiger charge is 2.45. The molecule has 0 aromatic heterocycles. The van der Waals surface area contributed by atoms with Gasteiger partial charge in [-0.05, 0) is 40.4 Å². The molecule has 1 aromatic rings. The van der Waals surface area contributed by atoms with Crippen LogP contribution in [0.15, 0.2) is 22.7 Å². The van der Waals surface area contributed by atoms with Crippen molar-refractivity contribution in [2.24, 2.45) is 0 Å². The van der Waals surface area contributed by atoms with Crippen molar-refractivity contribution in [1.82, 2.24) is 0 Å². The van der Waals surface area contributed by atoms with Crippen molar-refractivity contribution < 1.29 is 4.79 Å². The molecule has 1 unspecified atom stereocenters. The summed E-state index contributed by atoms with van der Waals surface area (Å²) in [6, 6.07) is 6.07. The Morgan fingerprint density at radius 1 is 1.35 bits per heavy atom. The molecule has 0 radical (unpaired) electrons. The Labute approximate surface area is 111 Å². The third-order valence-electron chi connectivity index (χ3n) is 3.76. The van der Waals surface area contributed by atoms with Gasteiger partial charge in [0, 0.05) is 4.47 Å². The van der Waals surface area contributed by atoms with Gasteiger partial charge in [-0.1, -0.05) is 38.8 Å². The van der Waals surface area contributed by atoms with Gasteiger partial charge < -0.3 is 5.32 Å². The fourth-order valence-corrected chi connectivity index (χ4v) is 3.13. The lowest BCUT2D eigenvalue weighted by molar-refractivity contribution is -0.121. The molecule has 17 heavy (non-hydrogen) atoms. The minimum absolute atomic E-state index is 0.162. The third-order valence-corrected chi connectivity index (χ3v) is 4.42. The van der Waals surface area contributed by atoms with E-state index in [1.54, 1.807) is 0 Å². The number of halogens is 1. The predicted molar refractivity (Wildman–Crippen MR) is 74.3 cm³/mol. The molecule has 0 aliphatic carbocycles. The van der Waals surface area contributed by atoms with Gasteiger partial charge in [-0.2, -0.15) is 0 Å². The first-order valence-corrected chi connectivity index (χ1v) is 7.05. The molecule has 2 rings (SSSR count). The lowest BCUT2D eigenvalue weighted by Gasteiger charge is -2.25. The summed E-state index contributed by atoms with van der Waals surface area (Å²) in [4.78, 5) is 12.3. The number of benzene rings is 1. The van der Waals surface area contributed by atoms with Crippen LogP contribution in [-0.4, -0.2) is 5.91 Å². The summed E-state index contributed by atoms with van der Waals surface area (Å²) >= 11 is 3.51. The van der Waals surface area contributed by atoms with Crippen LogP contribution in [0.3, 0.4) is 0 Å². The molecule has 0 saturated heterocycles. The highest BCUT2D eigenvalue weighted by Crippen LogP contribution is 2.46. The van der Waals surface area contributed by atoms with E-state index in [4.69, 9.17) is 0 Å². The van der Waals surface area contributed by atoms with E-state index in [1.807, 2.05) is 12.1 Å². The van der Waals surface area contributed by atoms with Crippen molar-refractivity contribution in [2.75, 3.05) is 5.32 Å². The Morgan fingerprint density at radius 3 is 2.76 bits per heavy atom. The maximum atomic E-state index is 12.3. The molecule has 3 heteroatoms. The van der Waals surface area contributed by atoms with Gasteiger partial charge in [0.1, 0.15) is 0 Å². The number of carbonyl (C=O) groups is 1. The Bertz CT molecular complexity index is 444. The van der Waals surface area contributed by atoms with Crippen LogP contribution in [0.2, 0.25) is 0 Å². The van der Waals surface area contributed by atoms with Crippen LogP contribution >= 0.6 is 15.9 Å². The predicted octanol–water partition coefficient (Wildman–Crippen LogP) is 4.24. The second-order valence-corrected chi connectivity index (χ2v) is 5.51. The van der Waals surface area contributed by atoms with E-state index in [-0.39, 0.29) is 11.3 Å². The summed E-state index contributed by atoms with van der Waals surface area (Å²) in [5.74, 6) is 0.162. The van der Waals surface area contributed by atoms with E-state index in [0.29, 0.717) is 0 Å². The second-order valence-electron chi connectivity index (χ2n) is 4.66. The average molecular weight is 296 g/mol. The topological polar surface area (TPSA) is 29.1 Å². The van der Waals surface area contributed by atoms with E-state index in [0.717, 1.165) is 41.4 Å². The Kier molecular flexibility index (Phi) is 3.57. The van der Waals surface area contributed by atoms with Crippen LogP contribution in [0.1, 0.15) is 45.1 Å². The first kappa shape index (κ1) is 12.6. The normalized spacial score (nSPS) is 22.4. The third kappa shape index (κ3) is 1.90. The van der Waals surface area contributed by atoms with Crippen LogP contribution in [0.4, 0.5) is 5.69 Å². The summed E-state index contributed by atoms with van der Waals surface area (Å²) in [6.45, 7) is 4.27. The molecule has 2 nitrogen and oxygen atoms in total. The molecular formula is C14H18BrNO. The van der Waals surface area contributed by atoms with Gasteiger partial charge in [-0.25, -0.2) is 0 Å². The Hall–Kier alpha value is -0.830. The molecule has 1 amide bonds. The fourth-order valence-electron chi connectivity index (χ4n) is 2.66. The number of nitrogens with one attached hydrogen (secondary N) is 1. The molecule has 0 bridgehead atoms. The molecule has 92 valence electrons. The van der Waals surface area contributed by atoms with E-state index in [1.165, 1.54) is 0 Å².